The van der Waals surface area contributed by atoms with E-state index >= 15 is 0 Å². The Kier molecular flexibility index (Phi) is 5.17. The van der Waals surface area contributed by atoms with E-state index in [1.807, 2.05) is 24.3 Å². The van der Waals surface area contributed by atoms with E-state index in [4.69, 9.17) is 4.74 Å². The molecule has 0 saturated heterocycles. The van der Waals surface area contributed by atoms with Gasteiger partial charge in [-0.3, -0.25) is 14.5 Å². The summed E-state index contributed by atoms with van der Waals surface area (Å²) < 4.78 is 5.59. The maximum absolute atomic E-state index is 13.0. The number of hydrogen-bond acceptors (Lipinski definition) is 4. The number of nitrogens with zero attached hydrogens (tertiary/aromatic N) is 1. The summed E-state index contributed by atoms with van der Waals surface area (Å²) in [6.45, 7) is 3.19. The Morgan fingerprint density at radius 3 is 2.47 bits per heavy atom. The van der Waals surface area contributed by atoms with Crippen LogP contribution >= 0.6 is 0 Å². The number of rotatable bonds is 6. The first-order valence-corrected chi connectivity index (χ1v) is 11.1. The van der Waals surface area contributed by atoms with Crippen LogP contribution in [0.3, 0.4) is 0 Å². The minimum Gasteiger partial charge on any atom is -0.495 e. The first-order chi connectivity index (χ1) is 15.6. The molecule has 1 atom stereocenters. The highest BCUT2D eigenvalue weighted by Crippen LogP contribution is 2.33. The first-order valence-electron chi connectivity index (χ1n) is 11.1. The minimum atomic E-state index is -0.218. The van der Waals surface area contributed by atoms with Gasteiger partial charge in [0.25, 0.3) is 11.8 Å². The smallest absolute Gasteiger partial charge is 0.261 e. The summed E-state index contributed by atoms with van der Waals surface area (Å²) in [6, 6.07) is 15.4. The molecule has 1 N–H and O–H groups in total. The molecular weight excluding hydrogens is 400 g/mol. The summed E-state index contributed by atoms with van der Waals surface area (Å²) in [5.41, 5.74) is 4.63. The normalized spacial score (nSPS) is 16.9. The van der Waals surface area contributed by atoms with Crippen LogP contribution in [0.2, 0.25) is 0 Å². The fourth-order valence-corrected chi connectivity index (χ4v) is 4.70. The highest BCUT2D eigenvalue weighted by Gasteiger charge is 2.32. The zero-order valence-corrected chi connectivity index (χ0v) is 18.4. The van der Waals surface area contributed by atoms with E-state index < -0.39 is 0 Å². The number of anilines is 1. The predicted molar refractivity (Wildman–Crippen MR) is 127 cm³/mol. The summed E-state index contributed by atoms with van der Waals surface area (Å²) in [5, 5.41) is 5.11. The van der Waals surface area contributed by atoms with Crippen LogP contribution in [0.25, 0.3) is 16.8 Å². The molecule has 1 heterocycles. The van der Waals surface area contributed by atoms with Crippen molar-refractivity contribution in [3.63, 3.8) is 0 Å². The second-order valence-electron chi connectivity index (χ2n) is 8.54. The number of ether oxygens (including phenoxy) is 1. The molecule has 3 aromatic rings. The van der Waals surface area contributed by atoms with Crippen molar-refractivity contribution in [2.45, 2.75) is 19.8 Å². The second-order valence-corrected chi connectivity index (χ2v) is 8.54. The number of allylic oxidation sites excluding steroid dienone is 1. The number of fused-ring (bicyclic) bond motifs is 1. The van der Waals surface area contributed by atoms with Crippen LogP contribution in [0.4, 0.5) is 5.69 Å². The van der Waals surface area contributed by atoms with Crippen molar-refractivity contribution in [3.05, 3.63) is 76.9 Å². The van der Waals surface area contributed by atoms with Gasteiger partial charge in [0.1, 0.15) is 5.75 Å². The van der Waals surface area contributed by atoms with E-state index in [1.165, 1.54) is 16.0 Å². The molecule has 5 heteroatoms. The average molecular weight is 427 g/mol. The van der Waals surface area contributed by atoms with Gasteiger partial charge in [-0.05, 0) is 59.5 Å². The molecule has 0 spiro atoms. The van der Waals surface area contributed by atoms with Gasteiger partial charge < -0.3 is 10.1 Å². The molecule has 3 aromatic carbocycles. The van der Waals surface area contributed by atoms with Crippen molar-refractivity contribution in [2.75, 3.05) is 25.5 Å². The van der Waals surface area contributed by atoms with Gasteiger partial charge in [0.05, 0.1) is 12.8 Å². The third-order valence-corrected chi connectivity index (χ3v) is 6.34. The van der Waals surface area contributed by atoms with Crippen molar-refractivity contribution < 1.29 is 14.3 Å². The average Bonchev–Trinajstić information content (AvgIpc) is 2.81. The van der Waals surface area contributed by atoms with Crippen molar-refractivity contribution in [3.8, 4) is 5.75 Å². The van der Waals surface area contributed by atoms with Gasteiger partial charge in [0.15, 0.2) is 0 Å². The number of imide groups is 1. The van der Waals surface area contributed by atoms with Gasteiger partial charge in [-0.25, -0.2) is 0 Å². The molecule has 1 unspecified atom stereocenters. The highest BCUT2D eigenvalue weighted by atomic mass is 16.5. The van der Waals surface area contributed by atoms with Crippen molar-refractivity contribution in [1.29, 1.82) is 0 Å². The summed E-state index contributed by atoms with van der Waals surface area (Å²) in [4.78, 5) is 27.4. The van der Waals surface area contributed by atoms with Crippen LogP contribution in [0, 0.1) is 5.92 Å². The molecule has 0 saturated carbocycles. The molecule has 0 fully saturated rings. The Morgan fingerprint density at radius 1 is 1.06 bits per heavy atom. The van der Waals surface area contributed by atoms with Gasteiger partial charge in [-0.1, -0.05) is 43.3 Å². The van der Waals surface area contributed by atoms with Gasteiger partial charge in [0.2, 0.25) is 0 Å². The number of benzene rings is 3. The SMILES string of the molecule is COc1cc2c(cc1NCCCN1C(=O)c3cccc4cccc(c34)C1=O)C=CC(C)C2. The fourth-order valence-electron chi connectivity index (χ4n) is 4.70. The number of nitrogens with one attached hydrogen (secondary N) is 1. The lowest BCUT2D eigenvalue weighted by Gasteiger charge is -2.27. The van der Waals surface area contributed by atoms with E-state index in [1.54, 1.807) is 19.2 Å². The fraction of sp³-hybridized carbons (Fsp3) is 0.259. The maximum Gasteiger partial charge on any atom is 0.261 e. The van der Waals surface area contributed by atoms with E-state index in [9.17, 15) is 9.59 Å². The lowest BCUT2D eigenvalue weighted by atomic mass is 9.90. The first kappa shape index (κ1) is 20.3. The number of carbonyl (C=O) groups is 2. The van der Waals surface area contributed by atoms with Gasteiger partial charge in [-0.15, -0.1) is 0 Å². The molecule has 162 valence electrons. The van der Waals surface area contributed by atoms with Crippen LogP contribution in [0.1, 0.15) is 45.2 Å². The zero-order chi connectivity index (χ0) is 22.2. The van der Waals surface area contributed by atoms with Gasteiger partial charge in [-0.2, -0.15) is 0 Å². The molecule has 1 aliphatic heterocycles. The quantitative estimate of drug-likeness (QED) is 0.437. The Balaban J connectivity index is 1.28. The van der Waals surface area contributed by atoms with Crippen molar-refractivity contribution in [1.82, 2.24) is 4.90 Å². The number of carbonyl (C=O) groups excluding carboxylic acids is 2. The molecule has 2 aliphatic rings. The summed E-state index contributed by atoms with van der Waals surface area (Å²) in [5.74, 6) is 0.911. The summed E-state index contributed by atoms with van der Waals surface area (Å²) in [7, 11) is 1.68. The van der Waals surface area contributed by atoms with E-state index in [2.05, 4.69) is 36.5 Å². The Bertz CT molecular complexity index is 1210. The Hall–Kier alpha value is -3.60. The zero-order valence-electron chi connectivity index (χ0n) is 18.4. The summed E-state index contributed by atoms with van der Waals surface area (Å²) in [6.07, 6.45) is 6.04. The Morgan fingerprint density at radius 2 is 1.78 bits per heavy atom. The molecule has 0 radical (unpaired) electrons. The Labute approximate surface area is 187 Å². The predicted octanol–water partition coefficient (Wildman–Crippen LogP) is 5.15. The summed E-state index contributed by atoms with van der Waals surface area (Å²) >= 11 is 0. The van der Waals surface area contributed by atoms with Crippen molar-refractivity contribution in [2.24, 2.45) is 5.92 Å². The lowest BCUT2D eigenvalue weighted by Crippen LogP contribution is -2.41. The monoisotopic (exact) mass is 426 g/mol. The number of amides is 2. The third-order valence-electron chi connectivity index (χ3n) is 6.34. The van der Waals surface area contributed by atoms with Gasteiger partial charge in [0, 0.05) is 29.6 Å². The highest BCUT2D eigenvalue weighted by molar-refractivity contribution is 6.25. The largest absolute Gasteiger partial charge is 0.495 e. The van der Waals surface area contributed by atoms with E-state index in [0.717, 1.165) is 28.6 Å². The molecule has 0 bridgehead atoms. The minimum absolute atomic E-state index is 0.218. The maximum atomic E-state index is 13.0. The molecule has 5 rings (SSSR count). The number of methoxy groups -OCH3 is 1. The molecule has 2 amide bonds. The van der Waals surface area contributed by atoms with E-state index in [-0.39, 0.29) is 11.8 Å². The molecule has 32 heavy (non-hydrogen) atoms. The lowest BCUT2D eigenvalue weighted by molar-refractivity contribution is 0.0610. The van der Waals surface area contributed by atoms with Crippen LogP contribution in [0.5, 0.6) is 5.75 Å². The second kappa shape index (κ2) is 8.15. The van der Waals surface area contributed by atoms with Crippen LogP contribution in [-0.2, 0) is 6.42 Å². The number of hydrogen-bond donors (Lipinski definition) is 1. The molecular formula is C27H26N2O3. The topological polar surface area (TPSA) is 58.6 Å². The van der Waals surface area contributed by atoms with Gasteiger partial charge >= 0.3 is 0 Å². The van der Waals surface area contributed by atoms with Crippen LogP contribution in [0.15, 0.2) is 54.6 Å². The molecule has 1 aliphatic carbocycles. The van der Waals surface area contributed by atoms with Crippen LogP contribution in [-0.4, -0.2) is 36.9 Å². The molecule has 0 aromatic heterocycles. The van der Waals surface area contributed by atoms with Crippen molar-refractivity contribution >= 4 is 34.4 Å². The standard InChI is InChI=1S/C27H26N2O3/c1-17-10-11-19-15-23(24(32-2)16-20(19)14-17)28-12-5-13-29-26(30)21-8-3-6-18-7-4-9-22(25(18)21)27(29)31/h3-4,6-11,15-17,28H,5,12-14H2,1-2H3. The third kappa shape index (κ3) is 3.44. The van der Waals surface area contributed by atoms with E-state index in [0.29, 0.717) is 36.6 Å². The van der Waals surface area contributed by atoms with Crippen LogP contribution < -0.4 is 10.1 Å². The molecule has 5 nitrogen and oxygen atoms in total.